The number of benzene rings is 2. The van der Waals surface area contributed by atoms with Crippen molar-refractivity contribution < 1.29 is 9.53 Å². The van der Waals surface area contributed by atoms with Crippen LogP contribution in [0.1, 0.15) is 10.4 Å². The molecule has 23 heavy (non-hydrogen) atoms. The third kappa shape index (κ3) is 3.35. The zero-order valence-corrected chi connectivity index (χ0v) is 13.1. The second kappa shape index (κ2) is 6.54. The van der Waals surface area contributed by atoms with Gasteiger partial charge in [-0.3, -0.25) is 20.6 Å². The lowest BCUT2D eigenvalue weighted by Gasteiger charge is -2.11. The number of nitrogens with one attached hydrogen (secondary N) is 2. The van der Waals surface area contributed by atoms with Gasteiger partial charge >= 0.3 is 0 Å². The van der Waals surface area contributed by atoms with Gasteiger partial charge in [-0.1, -0.05) is 11.6 Å². The second-order valence-corrected chi connectivity index (χ2v) is 5.26. The number of halogens is 1. The van der Waals surface area contributed by atoms with Gasteiger partial charge in [-0.2, -0.15) is 0 Å². The van der Waals surface area contributed by atoms with Crippen molar-refractivity contribution in [3.63, 3.8) is 0 Å². The van der Waals surface area contributed by atoms with Gasteiger partial charge in [-0.05, 0) is 48.5 Å². The van der Waals surface area contributed by atoms with Crippen molar-refractivity contribution in [3.05, 3.63) is 65.3 Å². The Kier molecular flexibility index (Phi) is 4.30. The first-order valence-corrected chi connectivity index (χ1v) is 7.30. The Morgan fingerprint density at radius 3 is 2.65 bits per heavy atom. The van der Waals surface area contributed by atoms with Crippen molar-refractivity contribution in [2.75, 3.05) is 12.5 Å². The van der Waals surface area contributed by atoms with Crippen molar-refractivity contribution in [1.82, 2.24) is 10.4 Å². The highest BCUT2D eigenvalue weighted by Gasteiger charge is 2.07. The maximum atomic E-state index is 12.2. The lowest BCUT2D eigenvalue weighted by atomic mass is 10.2. The minimum absolute atomic E-state index is 0.244. The second-order valence-electron chi connectivity index (χ2n) is 4.83. The van der Waals surface area contributed by atoms with Gasteiger partial charge in [0, 0.05) is 22.2 Å². The van der Waals surface area contributed by atoms with Gasteiger partial charge in [0.2, 0.25) is 0 Å². The SMILES string of the molecule is COc1ccc(C(=O)NNc2ccnc3cc(Cl)ccc23)cc1. The fraction of sp³-hybridized carbons (Fsp3) is 0.0588. The number of fused-ring (bicyclic) bond motifs is 1. The molecular formula is C17H14ClN3O2. The number of methoxy groups -OCH3 is 1. The summed E-state index contributed by atoms with van der Waals surface area (Å²) in [5, 5.41) is 1.48. The summed E-state index contributed by atoms with van der Waals surface area (Å²) in [6.07, 6.45) is 1.65. The quantitative estimate of drug-likeness (QED) is 0.718. The molecule has 116 valence electrons. The standard InChI is InChI=1S/C17H14ClN3O2/c1-23-13-5-2-11(3-6-13)17(22)21-20-15-8-9-19-16-10-12(18)4-7-14(15)16/h2-10H,1H3,(H,19,20)(H,21,22). The Morgan fingerprint density at radius 1 is 1.13 bits per heavy atom. The van der Waals surface area contributed by atoms with Crippen LogP contribution in [0.4, 0.5) is 5.69 Å². The number of hydrazine groups is 1. The topological polar surface area (TPSA) is 63.2 Å². The van der Waals surface area contributed by atoms with E-state index in [4.69, 9.17) is 16.3 Å². The molecule has 1 heterocycles. The van der Waals surface area contributed by atoms with Crippen LogP contribution < -0.4 is 15.6 Å². The van der Waals surface area contributed by atoms with Crippen LogP contribution in [-0.4, -0.2) is 18.0 Å². The van der Waals surface area contributed by atoms with E-state index in [2.05, 4.69) is 15.8 Å². The van der Waals surface area contributed by atoms with Crippen LogP contribution in [0.15, 0.2) is 54.7 Å². The summed E-state index contributed by atoms with van der Waals surface area (Å²) in [7, 11) is 1.58. The van der Waals surface area contributed by atoms with E-state index in [9.17, 15) is 4.79 Å². The number of ether oxygens (including phenoxy) is 1. The van der Waals surface area contributed by atoms with E-state index >= 15 is 0 Å². The third-order valence-electron chi connectivity index (χ3n) is 3.37. The number of aromatic nitrogens is 1. The highest BCUT2D eigenvalue weighted by Crippen LogP contribution is 2.23. The first kappa shape index (κ1) is 15.1. The Labute approximate surface area is 138 Å². The summed E-state index contributed by atoms with van der Waals surface area (Å²) < 4.78 is 5.07. The number of nitrogens with zero attached hydrogens (tertiary/aromatic N) is 1. The summed E-state index contributed by atoms with van der Waals surface area (Å²) in [5.41, 5.74) is 7.61. The lowest BCUT2D eigenvalue weighted by Crippen LogP contribution is -2.29. The van der Waals surface area contributed by atoms with Gasteiger partial charge in [0.25, 0.3) is 5.91 Å². The first-order chi connectivity index (χ1) is 11.2. The largest absolute Gasteiger partial charge is 0.497 e. The zero-order chi connectivity index (χ0) is 16.2. The number of carbonyl (C=O) groups is 1. The van der Waals surface area contributed by atoms with Gasteiger partial charge in [-0.25, -0.2) is 0 Å². The third-order valence-corrected chi connectivity index (χ3v) is 3.60. The molecule has 0 aliphatic heterocycles. The number of hydrogen-bond donors (Lipinski definition) is 2. The highest BCUT2D eigenvalue weighted by molar-refractivity contribution is 6.31. The molecule has 0 aliphatic rings. The molecule has 0 atom stereocenters. The van der Waals surface area contributed by atoms with Crippen LogP contribution in [-0.2, 0) is 0 Å². The van der Waals surface area contributed by atoms with E-state index in [1.165, 1.54) is 0 Å². The van der Waals surface area contributed by atoms with Gasteiger partial charge in [0.1, 0.15) is 5.75 Å². The molecule has 6 heteroatoms. The molecule has 0 radical (unpaired) electrons. The van der Waals surface area contributed by atoms with E-state index in [1.54, 1.807) is 55.8 Å². The van der Waals surface area contributed by atoms with Crippen LogP contribution in [0, 0.1) is 0 Å². The van der Waals surface area contributed by atoms with E-state index in [1.807, 2.05) is 6.07 Å². The minimum atomic E-state index is -0.244. The molecule has 1 aromatic heterocycles. The molecule has 0 saturated heterocycles. The average molecular weight is 328 g/mol. The summed E-state index contributed by atoms with van der Waals surface area (Å²) in [5.74, 6) is 0.457. The molecule has 3 aromatic rings. The van der Waals surface area contributed by atoms with Crippen LogP contribution in [0.2, 0.25) is 5.02 Å². The molecule has 0 saturated carbocycles. The fourth-order valence-corrected chi connectivity index (χ4v) is 2.34. The molecule has 0 spiro atoms. The molecule has 2 N–H and O–H groups in total. The lowest BCUT2D eigenvalue weighted by molar-refractivity contribution is 0.0962. The molecular weight excluding hydrogens is 314 g/mol. The van der Waals surface area contributed by atoms with Gasteiger partial charge in [0.05, 0.1) is 18.3 Å². The molecule has 5 nitrogen and oxygen atoms in total. The van der Waals surface area contributed by atoms with Crippen LogP contribution in [0.3, 0.4) is 0 Å². The monoisotopic (exact) mass is 327 g/mol. The predicted molar refractivity (Wildman–Crippen MR) is 90.8 cm³/mol. The number of rotatable bonds is 4. The van der Waals surface area contributed by atoms with E-state index in [0.29, 0.717) is 16.3 Å². The molecule has 0 unspecified atom stereocenters. The van der Waals surface area contributed by atoms with Crippen molar-refractivity contribution in [2.24, 2.45) is 0 Å². The zero-order valence-electron chi connectivity index (χ0n) is 12.3. The number of pyridine rings is 1. The summed E-state index contributed by atoms with van der Waals surface area (Å²) >= 11 is 5.96. The Hall–Kier alpha value is -2.79. The average Bonchev–Trinajstić information content (AvgIpc) is 2.59. The van der Waals surface area contributed by atoms with Crippen LogP contribution in [0.25, 0.3) is 10.9 Å². The molecule has 0 aliphatic carbocycles. The van der Waals surface area contributed by atoms with Crippen molar-refractivity contribution >= 4 is 34.1 Å². The van der Waals surface area contributed by atoms with E-state index in [-0.39, 0.29) is 5.91 Å². The van der Waals surface area contributed by atoms with Gasteiger partial charge < -0.3 is 4.74 Å². The minimum Gasteiger partial charge on any atom is -0.497 e. The predicted octanol–water partition coefficient (Wildman–Crippen LogP) is 3.65. The number of carbonyl (C=O) groups excluding carboxylic acids is 1. The van der Waals surface area contributed by atoms with Gasteiger partial charge in [0.15, 0.2) is 0 Å². The van der Waals surface area contributed by atoms with E-state index in [0.717, 1.165) is 16.6 Å². The van der Waals surface area contributed by atoms with Crippen molar-refractivity contribution in [1.29, 1.82) is 0 Å². The Bertz CT molecular complexity index is 850. The summed E-state index contributed by atoms with van der Waals surface area (Å²) in [6.45, 7) is 0. The fourth-order valence-electron chi connectivity index (χ4n) is 2.17. The maximum Gasteiger partial charge on any atom is 0.269 e. The Morgan fingerprint density at radius 2 is 1.91 bits per heavy atom. The van der Waals surface area contributed by atoms with E-state index < -0.39 is 0 Å². The number of amides is 1. The van der Waals surface area contributed by atoms with Crippen LogP contribution >= 0.6 is 11.6 Å². The number of anilines is 1. The smallest absolute Gasteiger partial charge is 0.269 e. The molecule has 0 bridgehead atoms. The molecule has 2 aromatic carbocycles. The molecule has 0 fully saturated rings. The summed E-state index contributed by atoms with van der Waals surface area (Å²) in [4.78, 5) is 16.4. The van der Waals surface area contributed by atoms with Crippen molar-refractivity contribution in [2.45, 2.75) is 0 Å². The molecule has 1 amide bonds. The first-order valence-electron chi connectivity index (χ1n) is 6.92. The van der Waals surface area contributed by atoms with Crippen LogP contribution in [0.5, 0.6) is 5.75 Å². The van der Waals surface area contributed by atoms with Gasteiger partial charge in [-0.15, -0.1) is 0 Å². The Balaban J connectivity index is 1.76. The highest BCUT2D eigenvalue weighted by atomic mass is 35.5. The molecule has 3 rings (SSSR count). The summed E-state index contributed by atoms with van der Waals surface area (Å²) in [6, 6.07) is 14.0. The maximum absolute atomic E-state index is 12.2. The number of hydrogen-bond acceptors (Lipinski definition) is 4. The normalized spacial score (nSPS) is 10.3. The van der Waals surface area contributed by atoms with Crippen molar-refractivity contribution in [3.8, 4) is 5.75 Å².